The van der Waals surface area contributed by atoms with E-state index in [-0.39, 0.29) is 16.6 Å². The molecule has 0 spiro atoms. The highest BCUT2D eigenvalue weighted by atomic mass is 35.5. The summed E-state index contributed by atoms with van der Waals surface area (Å²) < 4.78 is 0. The van der Waals surface area contributed by atoms with Gasteiger partial charge < -0.3 is 0 Å². The molecule has 1 heterocycles. The molecule has 0 saturated carbocycles. The highest BCUT2D eigenvalue weighted by Gasteiger charge is 2.23. The van der Waals surface area contributed by atoms with Gasteiger partial charge in [0.15, 0.2) is 5.69 Å². The summed E-state index contributed by atoms with van der Waals surface area (Å²) in [6, 6.07) is 7.56. The van der Waals surface area contributed by atoms with E-state index in [2.05, 4.69) is 15.5 Å². The number of nitro benzene ring substituents is 2. The van der Waals surface area contributed by atoms with Crippen molar-refractivity contribution >= 4 is 34.4 Å². The number of pyridine rings is 1. The van der Waals surface area contributed by atoms with Gasteiger partial charge in [-0.1, -0.05) is 24.6 Å². The summed E-state index contributed by atoms with van der Waals surface area (Å²) in [5, 5.41) is 26.2. The standard InChI is InChI=1S/C17H18ClN5O4/c1-3-12(8-13-6-4-5-7-19-13)11(2)20-21-17-15(18)9-14(22(24)25)10-16(17)23(26)27/h4-7,9-10,12,21H,3,8H2,1-2H3/b20-11+/t12-/m0/s1. The van der Waals surface area contributed by atoms with E-state index in [4.69, 9.17) is 11.6 Å². The van der Waals surface area contributed by atoms with Gasteiger partial charge in [-0.2, -0.15) is 5.10 Å². The molecule has 2 aromatic rings. The number of rotatable bonds is 8. The molecule has 1 aromatic heterocycles. The van der Waals surface area contributed by atoms with E-state index in [1.54, 1.807) is 13.1 Å². The number of hydrogen-bond donors (Lipinski definition) is 1. The first-order chi connectivity index (χ1) is 12.8. The van der Waals surface area contributed by atoms with Crippen molar-refractivity contribution in [1.29, 1.82) is 0 Å². The molecule has 0 amide bonds. The highest BCUT2D eigenvalue weighted by molar-refractivity contribution is 6.34. The maximum absolute atomic E-state index is 11.3. The molecule has 0 radical (unpaired) electrons. The Bertz CT molecular complexity index is 873. The molecule has 0 aliphatic carbocycles. The van der Waals surface area contributed by atoms with Crippen LogP contribution in [0.5, 0.6) is 0 Å². The van der Waals surface area contributed by atoms with Crippen LogP contribution in [0.1, 0.15) is 26.0 Å². The molecule has 0 aliphatic rings. The number of hydrazone groups is 1. The Labute approximate surface area is 160 Å². The van der Waals surface area contributed by atoms with Crippen LogP contribution in [0.4, 0.5) is 17.1 Å². The van der Waals surface area contributed by atoms with Crippen molar-refractivity contribution in [2.24, 2.45) is 11.0 Å². The van der Waals surface area contributed by atoms with E-state index in [1.165, 1.54) is 0 Å². The minimum absolute atomic E-state index is 0.0725. The van der Waals surface area contributed by atoms with E-state index in [0.29, 0.717) is 12.1 Å². The summed E-state index contributed by atoms with van der Waals surface area (Å²) in [6.07, 6.45) is 3.18. The van der Waals surface area contributed by atoms with Gasteiger partial charge in [-0.3, -0.25) is 30.6 Å². The van der Waals surface area contributed by atoms with Crippen LogP contribution in [0, 0.1) is 26.1 Å². The second-order valence-corrected chi connectivity index (χ2v) is 6.24. The highest BCUT2D eigenvalue weighted by Crippen LogP contribution is 2.36. The first-order valence-electron chi connectivity index (χ1n) is 8.15. The van der Waals surface area contributed by atoms with E-state index in [0.717, 1.165) is 24.2 Å². The van der Waals surface area contributed by atoms with Gasteiger partial charge in [0.1, 0.15) is 0 Å². The molecule has 1 atom stereocenters. The number of nitrogens with zero attached hydrogens (tertiary/aromatic N) is 4. The lowest BCUT2D eigenvalue weighted by molar-refractivity contribution is -0.393. The maximum atomic E-state index is 11.3. The van der Waals surface area contributed by atoms with Crippen molar-refractivity contribution in [3.63, 3.8) is 0 Å². The third-order valence-corrected chi connectivity index (χ3v) is 4.37. The van der Waals surface area contributed by atoms with Gasteiger partial charge in [0, 0.05) is 29.6 Å². The van der Waals surface area contributed by atoms with Gasteiger partial charge in [0.25, 0.3) is 5.69 Å². The Morgan fingerprint density at radius 1 is 1.30 bits per heavy atom. The van der Waals surface area contributed by atoms with E-state index in [9.17, 15) is 20.2 Å². The van der Waals surface area contributed by atoms with Gasteiger partial charge in [-0.25, -0.2) is 0 Å². The largest absolute Gasteiger partial charge is 0.302 e. The Morgan fingerprint density at radius 3 is 2.59 bits per heavy atom. The van der Waals surface area contributed by atoms with Crippen LogP contribution in [-0.2, 0) is 6.42 Å². The van der Waals surface area contributed by atoms with Crippen molar-refractivity contribution in [3.8, 4) is 0 Å². The summed E-state index contributed by atoms with van der Waals surface area (Å²) in [4.78, 5) is 24.9. The van der Waals surface area contributed by atoms with Crippen molar-refractivity contribution in [2.45, 2.75) is 26.7 Å². The third-order valence-electron chi connectivity index (χ3n) is 4.07. The minimum Gasteiger partial charge on any atom is -0.271 e. The molecule has 10 heteroatoms. The lowest BCUT2D eigenvalue weighted by Crippen LogP contribution is -2.16. The van der Waals surface area contributed by atoms with Crippen molar-refractivity contribution < 1.29 is 9.85 Å². The SMILES string of the molecule is CC[C@@H](Cc1ccccn1)/C(C)=N/Nc1c(Cl)cc([N+](=O)[O-])cc1[N+](=O)[O-]. The number of anilines is 1. The molecule has 2 rings (SSSR count). The molecule has 27 heavy (non-hydrogen) atoms. The summed E-state index contributed by atoms with van der Waals surface area (Å²) in [7, 11) is 0. The molecule has 0 bridgehead atoms. The molecule has 9 nitrogen and oxygen atoms in total. The molecular formula is C17H18ClN5O4. The van der Waals surface area contributed by atoms with Crippen LogP contribution in [0.25, 0.3) is 0 Å². The zero-order valence-electron chi connectivity index (χ0n) is 14.8. The van der Waals surface area contributed by atoms with E-state index in [1.807, 2.05) is 25.1 Å². The van der Waals surface area contributed by atoms with Gasteiger partial charge in [0.05, 0.1) is 20.9 Å². The lowest BCUT2D eigenvalue weighted by atomic mass is 9.95. The van der Waals surface area contributed by atoms with E-state index < -0.39 is 21.2 Å². The number of benzene rings is 1. The van der Waals surface area contributed by atoms with Crippen LogP contribution >= 0.6 is 11.6 Å². The molecule has 0 saturated heterocycles. The summed E-state index contributed by atoms with van der Waals surface area (Å²) >= 11 is 6.00. The molecule has 0 fully saturated rings. The monoisotopic (exact) mass is 391 g/mol. The molecule has 1 N–H and O–H groups in total. The fourth-order valence-electron chi connectivity index (χ4n) is 2.53. The van der Waals surface area contributed by atoms with Gasteiger partial charge >= 0.3 is 5.69 Å². The molecule has 1 aromatic carbocycles. The normalized spacial score (nSPS) is 12.5. The Balaban J connectivity index is 2.27. The first-order valence-corrected chi connectivity index (χ1v) is 8.53. The average Bonchev–Trinajstić information content (AvgIpc) is 2.64. The summed E-state index contributed by atoms with van der Waals surface area (Å²) in [5.74, 6) is 0.0725. The van der Waals surface area contributed by atoms with Crippen LogP contribution in [0.3, 0.4) is 0 Å². The minimum atomic E-state index is -0.739. The molecule has 0 unspecified atom stereocenters. The number of aromatic nitrogens is 1. The number of halogens is 1. The second-order valence-electron chi connectivity index (χ2n) is 5.83. The topological polar surface area (TPSA) is 124 Å². The predicted octanol–water partition coefficient (Wildman–Crippen LogP) is 4.61. The lowest BCUT2D eigenvalue weighted by Gasteiger charge is -2.15. The van der Waals surface area contributed by atoms with Crippen molar-refractivity contribution in [3.05, 3.63) is 67.5 Å². The fourth-order valence-corrected chi connectivity index (χ4v) is 2.78. The Hall–Kier alpha value is -3.07. The second kappa shape index (κ2) is 9.04. The number of nitro groups is 2. The van der Waals surface area contributed by atoms with Crippen LogP contribution in [0.2, 0.25) is 5.02 Å². The Morgan fingerprint density at radius 2 is 2.04 bits per heavy atom. The quantitative estimate of drug-likeness (QED) is 0.398. The van der Waals surface area contributed by atoms with Crippen LogP contribution < -0.4 is 5.43 Å². The van der Waals surface area contributed by atoms with Gasteiger partial charge in [0.2, 0.25) is 0 Å². The fraction of sp³-hybridized carbons (Fsp3) is 0.294. The van der Waals surface area contributed by atoms with Crippen LogP contribution in [-0.4, -0.2) is 20.5 Å². The molecule has 0 aliphatic heterocycles. The zero-order chi connectivity index (χ0) is 20.0. The summed E-state index contributed by atoms with van der Waals surface area (Å²) in [6.45, 7) is 3.81. The average molecular weight is 392 g/mol. The van der Waals surface area contributed by atoms with Gasteiger partial charge in [-0.15, -0.1) is 0 Å². The van der Waals surface area contributed by atoms with Gasteiger partial charge in [-0.05, 0) is 31.9 Å². The van der Waals surface area contributed by atoms with Crippen LogP contribution in [0.15, 0.2) is 41.6 Å². The smallest absolute Gasteiger partial charge is 0.271 e. The first kappa shape index (κ1) is 20.2. The third kappa shape index (κ3) is 5.20. The maximum Gasteiger partial charge on any atom is 0.302 e. The Kier molecular flexibility index (Phi) is 6.78. The zero-order valence-corrected chi connectivity index (χ0v) is 15.5. The number of hydrogen-bond acceptors (Lipinski definition) is 7. The predicted molar refractivity (Wildman–Crippen MR) is 103 cm³/mol. The number of nitrogens with one attached hydrogen (secondary N) is 1. The van der Waals surface area contributed by atoms with Crippen molar-refractivity contribution in [2.75, 3.05) is 5.43 Å². The summed E-state index contributed by atoms with van der Waals surface area (Å²) in [5.41, 5.74) is 3.18. The molecule has 142 valence electrons. The van der Waals surface area contributed by atoms with Crippen molar-refractivity contribution in [1.82, 2.24) is 4.98 Å². The number of non-ortho nitro benzene ring substituents is 1. The molecular weight excluding hydrogens is 374 g/mol. The van der Waals surface area contributed by atoms with E-state index >= 15 is 0 Å².